The first-order valence-electron chi connectivity index (χ1n) is 8.07. The van der Waals surface area contributed by atoms with Crippen molar-refractivity contribution in [2.45, 2.75) is 20.0 Å². The number of fused-ring (bicyclic) bond motifs is 1. The number of hydrogen-bond acceptors (Lipinski definition) is 5. The van der Waals surface area contributed by atoms with Gasteiger partial charge in [-0.05, 0) is 43.7 Å². The van der Waals surface area contributed by atoms with Gasteiger partial charge in [-0.15, -0.1) is 0 Å². The highest BCUT2D eigenvalue weighted by Gasteiger charge is 2.31. The molecule has 26 heavy (non-hydrogen) atoms. The summed E-state index contributed by atoms with van der Waals surface area (Å²) in [7, 11) is 0. The number of aromatic hydroxyl groups is 1. The van der Waals surface area contributed by atoms with Gasteiger partial charge in [0, 0.05) is 0 Å². The Morgan fingerprint density at radius 3 is 2.69 bits per heavy atom. The van der Waals surface area contributed by atoms with Crippen molar-refractivity contribution < 1.29 is 24.2 Å². The Kier molecular flexibility index (Phi) is 4.62. The molecule has 134 valence electrons. The van der Waals surface area contributed by atoms with E-state index in [9.17, 15) is 19.5 Å². The van der Waals surface area contributed by atoms with Crippen LogP contribution in [0.3, 0.4) is 0 Å². The standard InChI is InChI=1S/C19H18N2O5/c1-11-7-8-13(16(22)9-11)19(25)26-12(2)18(24)21-10-17(23)20-14-5-3-4-6-15(14)21/h3-9,12,22H,10H2,1-2H3,(H,20,23)/t12-/m0/s1. The summed E-state index contributed by atoms with van der Waals surface area (Å²) in [6, 6.07) is 11.4. The molecule has 1 aliphatic rings. The molecule has 7 heteroatoms. The second-order valence-corrected chi connectivity index (χ2v) is 6.06. The Bertz CT molecular complexity index is 893. The van der Waals surface area contributed by atoms with Gasteiger partial charge < -0.3 is 15.2 Å². The molecule has 1 aliphatic heterocycles. The van der Waals surface area contributed by atoms with Crippen LogP contribution in [0, 0.1) is 6.92 Å². The summed E-state index contributed by atoms with van der Waals surface area (Å²) >= 11 is 0. The van der Waals surface area contributed by atoms with Crippen molar-refractivity contribution in [2.75, 3.05) is 16.8 Å². The van der Waals surface area contributed by atoms with E-state index in [1.807, 2.05) is 0 Å². The summed E-state index contributed by atoms with van der Waals surface area (Å²) in [6.07, 6.45) is -1.12. The number of hydrogen-bond donors (Lipinski definition) is 2. The summed E-state index contributed by atoms with van der Waals surface area (Å²) in [4.78, 5) is 38.1. The number of nitrogens with one attached hydrogen (secondary N) is 1. The van der Waals surface area contributed by atoms with Crippen molar-refractivity contribution in [3.05, 3.63) is 53.6 Å². The fraction of sp³-hybridized carbons (Fsp3) is 0.211. The zero-order valence-corrected chi connectivity index (χ0v) is 14.4. The Morgan fingerprint density at radius 2 is 1.96 bits per heavy atom. The van der Waals surface area contributed by atoms with Crippen LogP contribution in [0.4, 0.5) is 11.4 Å². The third-order valence-corrected chi connectivity index (χ3v) is 4.04. The number of benzene rings is 2. The Hall–Kier alpha value is -3.35. The maximum Gasteiger partial charge on any atom is 0.342 e. The van der Waals surface area contributed by atoms with Crippen LogP contribution in [-0.4, -0.2) is 35.5 Å². The SMILES string of the molecule is Cc1ccc(C(=O)O[C@@H](C)C(=O)N2CC(=O)Nc3ccccc32)c(O)c1. The van der Waals surface area contributed by atoms with Crippen molar-refractivity contribution in [2.24, 2.45) is 0 Å². The van der Waals surface area contributed by atoms with Crippen LogP contribution in [0.25, 0.3) is 0 Å². The van der Waals surface area contributed by atoms with Gasteiger partial charge in [-0.3, -0.25) is 14.5 Å². The number of esters is 1. The monoisotopic (exact) mass is 354 g/mol. The molecule has 2 amide bonds. The number of para-hydroxylation sites is 2. The molecule has 0 saturated heterocycles. The van der Waals surface area contributed by atoms with Crippen LogP contribution in [0.15, 0.2) is 42.5 Å². The molecule has 0 unspecified atom stereocenters. The number of phenols is 1. The van der Waals surface area contributed by atoms with Gasteiger partial charge in [0.2, 0.25) is 5.91 Å². The van der Waals surface area contributed by atoms with Gasteiger partial charge in [0.05, 0.1) is 11.4 Å². The molecule has 7 nitrogen and oxygen atoms in total. The van der Waals surface area contributed by atoms with E-state index in [0.29, 0.717) is 11.4 Å². The minimum absolute atomic E-state index is 0.0213. The predicted octanol–water partition coefficient (Wildman–Crippen LogP) is 2.23. The first-order valence-corrected chi connectivity index (χ1v) is 8.07. The molecule has 0 fully saturated rings. The molecule has 2 aromatic carbocycles. The lowest BCUT2D eigenvalue weighted by molar-refractivity contribution is -0.128. The van der Waals surface area contributed by atoms with E-state index in [4.69, 9.17) is 4.74 Å². The largest absolute Gasteiger partial charge is 0.507 e. The molecule has 0 bridgehead atoms. The number of anilines is 2. The second-order valence-electron chi connectivity index (χ2n) is 6.06. The summed E-state index contributed by atoms with van der Waals surface area (Å²) in [5.41, 5.74) is 1.83. The molecular weight excluding hydrogens is 336 g/mol. The van der Waals surface area contributed by atoms with Gasteiger partial charge in [-0.25, -0.2) is 4.79 Å². The summed E-state index contributed by atoms with van der Waals surface area (Å²) in [5.74, 6) is -1.87. The first-order chi connectivity index (χ1) is 12.4. The van der Waals surface area contributed by atoms with Crippen LogP contribution in [0.2, 0.25) is 0 Å². The van der Waals surface area contributed by atoms with E-state index in [1.165, 1.54) is 24.0 Å². The molecule has 2 N–H and O–H groups in total. The van der Waals surface area contributed by atoms with Gasteiger partial charge in [0.25, 0.3) is 5.91 Å². The molecule has 0 aliphatic carbocycles. The number of rotatable bonds is 3. The van der Waals surface area contributed by atoms with Crippen molar-refractivity contribution in [3.8, 4) is 5.75 Å². The lowest BCUT2D eigenvalue weighted by atomic mass is 10.1. The molecule has 2 aromatic rings. The normalized spacial score (nSPS) is 14.2. The van der Waals surface area contributed by atoms with Crippen LogP contribution in [0.5, 0.6) is 5.75 Å². The second kappa shape index (κ2) is 6.87. The maximum atomic E-state index is 12.7. The number of phenolic OH excluding ortho intramolecular Hbond substituents is 1. The van der Waals surface area contributed by atoms with E-state index >= 15 is 0 Å². The average molecular weight is 354 g/mol. The molecule has 0 radical (unpaired) electrons. The van der Waals surface area contributed by atoms with Crippen molar-refractivity contribution in [1.29, 1.82) is 0 Å². The Balaban J connectivity index is 1.78. The lowest BCUT2D eigenvalue weighted by Gasteiger charge is -2.30. The quantitative estimate of drug-likeness (QED) is 0.824. The van der Waals surface area contributed by atoms with E-state index < -0.39 is 18.0 Å². The molecule has 1 atom stereocenters. The average Bonchev–Trinajstić information content (AvgIpc) is 2.60. The number of amides is 2. The highest BCUT2D eigenvalue weighted by atomic mass is 16.5. The van der Waals surface area contributed by atoms with Gasteiger partial charge in [0.15, 0.2) is 6.10 Å². The minimum atomic E-state index is -1.12. The van der Waals surface area contributed by atoms with Crippen LogP contribution >= 0.6 is 0 Å². The number of aryl methyl sites for hydroxylation is 1. The van der Waals surface area contributed by atoms with E-state index in [-0.39, 0.29) is 23.8 Å². The third-order valence-electron chi connectivity index (χ3n) is 4.04. The lowest BCUT2D eigenvalue weighted by Crippen LogP contribution is -2.47. The number of ether oxygens (including phenoxy) is 1. The predicted molar refractivity (Wildman–Crippen MR) is 95.1 cm³/mol. The number of nitrogens with zero attached hydrogens (tertiary/aromatic N) is 1. The summed E-state index contributed by atoms with van der Waals surface area (Å²) in [6.45, 7) is 3.05. The highest BCUT2D eigenvalue weighted by molar-refractivity contribution is 6.11. The van der Waals surface area contributed by atoms with Crippen LogP contribution < -0.4 is 10.2 Å². The van der Waals surface area contributed by atoms with Crippen molar-refractivity contribution >= 4 is 29.2 Å². The van der Waals surface area contributed by atoms with E-state index in [2.05, 4.69) is 5.32 Å². The van der Waals surface area contributed by atoms with Gasteiger partial charge in [0.1, 0.15) is 17.9 Å². The van der Waals surface area contributed by atoms with Crippen LogP contribution in [-0.2, 0) is 14.3 Å². The highest BCUT2D eigenvalue weighted by Crippen LogP contribution is 2.29. The van der Waals surface area contributed by atoms with Gasteiger partial charge in [-0.1, -0.05) is 18.2 Å². The summed E-state index contributed by atoms with van der Waals surface area (Å²) < 4.78 is 5.20. The zero-order valence-electron chi connectivity index (χ0n) is 14.4. The smallest absolute Gasteiger partial charge is 0.342 e. The molecule has 0 saturated carbocycles. The van der Waals surface area contributed by atoms with Gasteiger partial charge >= 0.3 is 5.97 Å². The molecule has 0 aromatic heterocycles. The van der Waals surface area contributed by atoms with Crippen molar-refractivity contribution in [3.63, 3.8) is 0 Å². The molecule has 1 heterocycles. The fourth-order valence-electron chi connectivity index (χ4n) is 2.74. The zero-order chi connectivity index (χ0) is 18.8. The van der Waals surface area contributed by atoms with Gasteiger partial charge in [-0.2, -0.15) is 0 Å². The molecule has 0 spiro atoms. The fourth-order valence-corrected chi connectivity index (χ4v) is 2.74. The molecule has 3 rings (SSSR count). The number of carbonyl (C=O) groups is 3. The third kappa shape index (κ3) is 3.37. The number of carbonyl (C=O) groups excluding carboxylic acids is 3. The van der Waals surface area contributed by atoms with Crippen LogP contribution in [0.1, 0.15) is 22.8 Å². The maximum absolute atomic E-state index is 12.7. The molecular formula is C19H18N2O5. The summed E-state index contributed by atoms with van der Waals surface area (Å²) in [5, 5.41) is 12.6. The van der Waals surface area contributed by atoms with E-state index in [0.717, 1.165) is 5.56 Å². The minimum Gasteiger partial charge on any atom is -0.507 e. The Labute approximate surface area is 150 Å². The van der Waals surface area contributed by atoms with Crippen molar-refractivity contribution in [1.82, 2.24) is 0 Å². The topological polar surface area (TPSA) is 95.9 Å². The Morgan fingerprint density at radius 1 is 1.23 bits per heavy atom. The first kappa shape index (κ1) is 17.5. The van der Waals surface area contributed by atoms with E-state index in [1.54, 1.807) is 37.3 Å².